The number of primary amides is 1. The van der Waals surface area contributed by atoms with Gasteiger partial charge in [-0.25, -0.2) is 0 Å². The van der Waals surface area contributed by atoms with Crippen LogP contribution in [0.3, 0.4) is 0 Å². The molecule has 4 nitrogen and oxygen atoms in total. The van der Waals surface area contributed by atoms with Gasteiger partial charge in [-0.3, -0.25) is 4.79 Å². The zero-order valence-corrected chi connectivity index (χ0v) is 11.2. The number of nitrogens with two attached hydrogens (primary N) is 1. The minimum absolute atomic E-state index is 0.216. The lowest BCUT2D eigenvalue weighted by Crippen LogP contribution is -2.35. The van der Waals surface area contributed by atoms with Crippen LogP contribution in [0.25, 0.3) is 0 Å². The van der Waals surface area contributed by atoms with E-state index in [9.17, 15) is 10.1 Å². The third-order valence-electron chi connectivity index (χ3n) is 3.78. The van der Waals surface area contributed by atoms with Gasteiger partial charge >= 0.3 is 0 Å². The van der Waals surface area contributed by atoms with Gasteiger partial charge in [0.2, 0.25) is 5.91 Å². The molecule has 0 saturated carbocycles. The number of carbonyl (C=O) groups is 1. The molecule has 0 bridgehead atoms. The summed E-state index contributed by atoms with van der Waals surface area (Å²) in [6, 6.07) is 8.07. The smallest absolute Gasteiger partial charge is 0.217 e. The van der Waals surface area contributed by atoms with E-state index in [-0.39, 0.29) is 5.91 Å². The van der Waals surface area contributed by atoms with E-state index in [2.05, 4.69) is 11.0 Å². The number of piperidine rings is 1. The second kappa shape index (κ2) is 5.75. The van der Waals surface area contributed by atoms with Crippen LogP contribution in [-0.4, -0.2) is 19.0 Å². The topological polar surface area (TPSA) is 70.1 Å². The summed E-state index contributed by atoms with van der Waals surface area (Å²) in [7, 11) is 0. The average Bonchev–Trinajstić information content (AvgIpc) is 2.39. The molecule has 0 radical (unpaired) electrons. The highest BCUT2D eigenvalue weighted by Gasteiger charge is 2.23. The van der Waals surface area contributed by atoms with Gasteiger partial charge in [-0.2, -0.15) is 5.26 Å². The van der Waals surface area contributed by atoms with Crippen molar-refractivity contribution in [3.8, 4) is 6.07 Å². The van der Waals surface area contributed by atoms with Crippen LogP contribution >= 0.6 is 0 Å². The summed E-state index contributed by atoms with van der Waals surface area (Å²) >= 11 is 0. The lowest BCUT2D eigenvalue weighted by Gasteiger charge is -2.34. The van der Waals surface area contributed by atoms with Crippen LogP contribution in [0.15, 0.2) is 18.2 Å². The molecule has 1 saturated heterocycles. The van der Waals surface area contributed by atoms with E-state index < -0.39 is 0 Å². The van der Waals surface area contributed by atoms with Crippen LogP contribution in [0, 0.1) is 24.2 Å². The zero-order chi connectivity index (χ0) is 13.8. The zero-order valence-electron chi connectivity index (χ0n) is 11.2. The molecule has 1 heterocycles. The molecule has 1 aliphatic heterocycles. The Hall–Kier alpha value is -2.02. The summed E-state index contributed by atoms with van der Waals surface area (Å²) in [5.41, 5.74) is 8.15. The van der Waals surface area contributed by atoms with Crippen molar-refractivity contribution in [2.24, 2.45) is 11.7 Å². The maximum absolute atomic E-state index is 10.9. The van der Waals surface area contributed by atoms with E-state index in [1.807, 2.05) is 25.1 Å². The lowest BCUT2D eigenvalue weighted by molar-refractivity contribution is -0.119. The van der Waals surface area contributed by atoms with Crippen molar-refractivity contribution >= 4 is 11.6 Å². The largest absolute Gasteiger partial charge is 0.370 e. The Morgan fingerprint density at radius 1 is 1.47 bits per heavy atom. The predicted molar refractivity (Wildman–Crippen MR) is 74.6 cm³/mol. The fourth-order valence-corrected chi connectivity index (χ4v) is 2.81. The highest BCUT2D eigenvalue weighted by atomic mass is 16.1. The predicted octanol–water partition coefficient (Wildman–Crippen LogP) is 1.96. The summed E-state index contributed by atoms with van der Waals surface area (Å²) in [5.74, 6) is 0.176. The molecule has 0 aliphatic carbocycles. The van der Waals surface area contributed by atoms with Gasteiger partial charge in [-0.05, 0) is 37.3 Å². The van der Waals surface area contributed by atoms with E-state index in [0.717, 1.165) is 42.7 Å². The molecule has 100 valence electrons. The quantitative estimate of drug-likeness (QED) is 0.899. The molecule has 0 aromatic heterocycles. The first kappa shape index (κ1) is 13.4. The number of rotatable bonds is 3. The van der Waals surface area contributed by atoms with Gasteiger partial charge in [0, 0.05) is 19.5 Å². The van der Waals surface area contributed by atoms with Crippen LogP contribution in [-0.2, 0) is 4.79 Å². The molecule has 2 rings (SSSR count). The van der Waals surface area contributed by atoms with Crippen molar-refractivity contribution in [1.29, 1.82) is 5.26 Å². The second-order valence-corrected chi connectivity index (χ2v) is 5.18. The van der Waals surface area contributed by atoms with Crippen LogP contribution in [0.2, 0.25) is 0 Å². The number of hydrogen-bond acceptors (Lipinski definition) is 3. The minimum Gasteiger partial charge on any atom is -0.370 e. The van der Waals surface area contributed by atoms with Crippen molar-refractivity contribution < 1.29 is 4.79 Å². The molecule has 0 atom stereocenters. The molecule has 1 amide bonds. The molecule has 4 heteroatoms. The number of anilines is 1. The molecule has 1 aromatic rings. The van der Waals surface area contributed by atoms with Crippen molar-refractivity contribution in [1.82, 2.24) is 0 Å². The average molecular weight is 257 g/mol. The molecular weight excluding hydrogens is 238 g/mol. The van der Waals surface area contributed by atoms with Crippen molar-refractivity contribution in [3.05, 3.63) is 29.3 Å². The van der Waals surface area contributed by atoms with E-state index in [0.29, 0.717) is 12.3 Å². The Kier molecular flexibility index (Phi) is 4.06. The number of hydrogen-bond donors (Lipinski definition) is 1. The van der Waals surface area contributed by atoms with Crippen LogP contribution in [0.5, 0.6) is 0 Å². The number of carbonyl (C=O) groups excluding carboxylic acids is 1. The first-order chi connectivity index (χ1) is 9.11. The standard InChI is InChI=1S/C15H19N3O/c1-11-3-2-4-13(10-16)15(11)18-7-5-12(6-8-18)9-14(17)19/h2-4,12H,5-9H2,1H3,(H2,17,19). The van der Waals surface area contributed by atoms with Crippen LogP contribution in [0.4, 0.5) is 5.69 Å². The SMILES string of the molecule is Cc1cccc(C#N)c1N1CCC(CC(N)=O)CC1. The summed E-state index contributed by atoms with van der Waals surface area (Å²) < 4.78 is 0. The molecular formula is C15H19N3O. The normalized spacial score (nSPS) is 16.1. The number of nitriles is 1. The number of aryl methyl sites for hydroxylation is 1. The van der Waals surface area contributed by atoms with Gasteiger partial charge < -0.3 is 10.6 Å². The molecule has 0 spiro atoms. The fourth-order valence-electron chi connectivity index (χ4n) is 2.81. The Morgan fingerprint density at radius 3 is 2.74 bits per heavy atom. The van der Waals surface area contributed by atoms with Gasteiger partial charge in [-0.15, -0.1) is 0 Å². The molecule has 1 aliphatic rings. The monoisotopic (exact) mass is 257 g/mol. The Bertz CT molecular complexity index is 511. The maximum Gasteiger partial charge on any atom is 0.217 e. The minimum atomic E-state index is -0.216. The Balaban J connectivity index is 2.10. The summed E-state index contributed by atoms with van der Waals surface area (Å²) in [4.78, 5) is 13.2. The summed E-state index contributed by atoms with van der Waals surface area (Å²) in [5, 5.41) is 9.21. The Labute approximate surface area is 113 Å². The fraction of sp³-hybridized carbons (Fsp3) is 0.467. The Morgan fingerprint density at radius 2 is 2.16 bits per heavy atom. The third kappa shape index (κ3) is 3.05. The van der Waals surface area contributed by atoms with Crippen molar-refractivity contribution in [3.63, 3.8) is 0 Å². The highest BCUT2D eigenvalue weighted by molar-refractivity contribution is 5.74. The molecule has 19 heavy (non-hydrogen) atoms. The number of amides is 1. The van der Waals surface area contributed by atoms with E-state index in [1.54, 1.807) is 0 Å². The molecule has 2 N–H and O–H groups in total. The first-order valence-electron chi connectivity index (χ1n) is 6.64. The molecule has 1 fully saturated rings. The van der Waals surface area contributed by atoms with Gasteiger partial charge in [0.1, 0.15) is 6.07 Å². The number of benzene rings is 1. The van der Waals surface area contributed by atoms with Gasteiger partial charge in [0.05, 0.1) is 11.3 Å². The molecule has 1 aromatic carbocycles. The van der Waals surface area contributed by atoms with Crippen LogP contribution in [0.1, 0.15) is 30.4 Å². The van der Waals surface area contributed by atoms with Gasteiger partial charge in [0.25, 0.3) is 0 Å². The summed E-state index contributed by atoms with van der Waals surface area (Å²) in [6.45, 7) is 3.81. The number of nitrogens with zero attached hydrogens (tertiary/aromatic N) is 2. The lowest BCUT2D eigenvalue weighted by atomic mass is 9.92. The van der Waals surface area contributed by atoms with Gasteiger partial charge in [0.15, 0.2) is 0 Å². The summed E-state index contributed by atoms with van der Waals surface area (Å²) in [6.07, 6.45) is 2.40. The third-order valence-corrected chi connectivity index (χ3v) is 3.78. The van der Waals surface area contributed by atoms with Crippen molar-refractivity contribution in [2.75, 3.05) is 18.0 Å². The second-order valence-electron chi connectivity index (χ2n) is 5.18. The van der Waals surface area contributed by atoms with E-state index >= 15 is 0 Å². The number of para-hydroxylation sites is 1. The maximum atomic E-state index is 10.9. The van der Waals surface area contributed by atoms with E-state index in [1.165, 1.54) is 0 Å². The van der Waals surface area contributed by atoms with Gasteiger partial charge in [-0.1, -0.05) is 12.1 Å². The van der Waals surface area contributed by atoms with E-state index in [4.69, 9.17) is 5.73 Å². The van der Waals surface area contributed by atoms with Crippen molar-refractivity contribution in [2.45, 2.75) is 26.2 Å². The highest BCUT2D eigenvalue weighted by Crippen LogP contribution is 2.30. The van der Waals surface area contributed by atoms with Crippen LogP contribution < -0.4 is 10.6 Å². The first-order valence-corrected chi connectivity index (χ1v) is 6.64. The molecule has 0 unspecified atom stereocenters.